The highest BCUT2D eigenvalue weighted by atomic mass is 32.1. The smallest absolute Gasteiger partial charge is 0.147 e. The molecule has 0 atom stereocenters. The molecule has 4 aromatic heterocycles. The van der Waals surface area contributed by atoms with Crippen LogP contribution in [0.2, 0.25) is 0 Å². The number of thiophene rings is 1. The van der Waals surface area contributed by atoms with Crippen molar-refractivity contribution in [3.05, 3.63) is 53.2 Å². The fraction of sp³-hybridized carbons (Fsp3) is 0.391. The summed E-state index contributed by atoms with van der Waals surface area (Å²) >= 11 is 1.67. The van der Waals surface area contributed by atoms with Gasteiger partial charge in [0.05, 0.1) is 40.4 Å². The maximum atomic E-state index is 6.14. The molecule has 0 amide bonds. The topological polar surface area (TPSA) is 72.8 Å². The Balaban J connectivity index is 1.67. The quantitative estimate of drug-likeness (QED) is 0.489. The Hall–Kier alpha value is -2.64. The lowest BCUT2D eigenvalue weighted by Crippen LogP contribution is -2.32. The maximum Gasteiger partial charge on any atom is 0.147 e. The predicted molar refractivity (Wildman–Crippen MR) is 121 cm³/mol. The first kappa shape index (κ1) is 19.3. The highest BCUT2D eigenvalue weighted by Crippen LogP contribution is 2.43. The van der Waals surface area contributed by atoms with E-state index in [4.69, 9.17) is 9.72 Å². The molecule has 5 rings (SSSR count). The molecule has 6 nitrogen and oxygen atoms in total. The lowest BCUT2D eigenvalue weighted by Gasteiger charge is -2.33. The molecule has 154 valence electrons. The van der Waals surface area contributed by atoms with Crippen molar-refractivity contribution in [1.29, 1.82) is 0 Å². The number of nitrogens with one attached hydrogen (secondary N) is 1. The molecule has 1 aliphatic rings. The Bertz CT molecular complexity index is 1230. The van der Waals surface area contributed by atoms with E-state index in [1.807, 2.05) is 18.2 Å². The van der Waals surface area contributed by atoms with Crippen LogP contribution in [-0.4, -0.2) is 25.5 Å². The van der Waals surface area contributed by atoms with Gasteiger partial charge in [-0.25, -0.2) is 15.0 Å². The molecule has 4 aromatic rings. The number of ether oxygens (including phenoxy) is 1. The van der Waals surface area contributed by atoms with Crippen LogP contribution in [-0.2, 0) is 24.3 Å². The second-order valence-corrected chi connectivity index (χ2v) is 9.69. The summed E-state index contributed by atoms with van der Waals surface area (Å²) in [6.45, 7) is 9.92. The minimum Gasteiger partial charge on any atom is -0.370 e. The van der Waals surface area contributed by atoms with Gasteiger partial charge in [0.15, 0.2) is 0 Å². The van der Waals surface area contributed by atoms with Crippen LogP contribution in [0.3, 0.4) is 0 Å². The minimum absolute atomic E-state index is 0.198. The third-order valence-corrected chi connectivity index (χ3v) is 6.65. The van der Waals surface area contributed by atoms with Gasteiger partial charge in [0.2, 0.25) is 0 Å². The molecule has 0 bridgehead atoms. The van der Waals surface area contributed by atoms with Crippen LogP contribution in [0.25, 0.3) is 20.4 Å². The zero-order chi connectivity index (χ0) is 20.9. The lowest BCUT2D eigenvalue weighted by molar-refractivity contribution is -0.0402. The van der Waals surface area contributed by atoms with Crippen molar-refractivity contribution >= 4 is 37.6 Å². The normalized spacial score (nSPS) is 15.6. The number of hydrogen-bond donors (Lipinski definition) is 1. The van der Waals surface area contributed by atoms with Crippen molar-refractivity contribution in [3.8, 4) is 0 Å². The largest absolute Gasteiger partial charge is 0.370 e. The summed E-state index contributed by atoms with van der Waals surface area (Å²) in [5, 5.41) is 4.60. The maximum absolute atomic E-state index is 6.14. The van der Waals surface area contributed by atoms with Crippen molar-refractivity contribution < 1.29 is 4.74 Å². The van der Waals surface area contributed by atoms with Gasteiger partial charge < -0.3 is 10.1 Å². The van der Waals surface area contributed by atoms with E-state index in [-0.39, 0.29) is 5.60 Å². The molecule has 1 aliphatic heterocycles. The summed E-state index contributed by atoms with van der Waals surface area (Å²) in [6.07, 6.45) is 4.30. The van der Waals surface area contributed by atoms with Gasteiger partial charge in [0.1, 0.15) is 17.0 Å². The first-order valence-electron chi connectivity index (χ1n) is 10.3. The van der Waals surface area contributed by atoms with Crippen LogP contribution < -0.4 is 5.32 Å². The Morgan fingerprint density at radius 2 is 2.03 bits per heavy atom. The number of anilines is 1. The van der Waals surface area contributed by atoms with Crippen molar-refractivity contribution in [2.24, 2.45) is 0 Å². The summed E-state index contributed by atoms with van der Waals surface area (Å²) in [5.74, 6) is 1.17. The molecular weight excluding hydrogens is 394 g/mol. The first-order chi connectivity index (χ1) is 14.4. The average molecular weight is 420 g/mol. The Morgan fingerprint density at radius 3 is 2.80 bits per heavy atom. The molecule has 30 heavy (non-hydrogen) atoms. The lowest BCUT2D eigenvalue weighted by atomic mass is 9.87. The molecule has 0 unspecified atom stereocenters. The number of aromatic nitrogens is 4. The highest BCUT2D eigenvalue weighted by molar-refractivity contribution is 7.26. The highest BCUT2D eigenvalue weighted by Gasteiger charge is 2.32. The summed E-state index contributed by atoms with van der Waals surface area (Å²) in [5.41, 5.74) is 5.46. The summed E-state index contributed by atoms with van der Waals surface area (Å²) in [4.78, 5) is 19.7. The predicted octanol–water partition coefficient (Wildman–Crippen LogP) is 5.22. The number of pyridine rings is 2. The molecule has 0 aromatic carbocycles. The van der Waals surface area contributed by atoms with Crippen molar-refractivity contribution in [2.75, 3.05) is 5.32 Å². The third-order valence-electron chi connectivity index (χ3n) is 5.57. The fourth-order valence-electron chi connectivity index (χ4n) is 4.11. The van der Waals surface area contributed by atoms with Crippen molar-refractivity contribution in [1.82, 2.24) is 19.9 Å². The number of nitrogens with zero attached hydrogens (tertiary/aromatic N) is 4. The third kappa shape index (κ3) is 3.32. The molecule has 7 heteroatoms. The van der Waals surface area contributed by atoms with E-state index in [2.05, 4.69) is 48.0 Å². The molecule has 1 N–H and O–H groups in total. The molecule has 0 aliphatic carbocycles. The second kappa shape index (κ2) is 7.25. The van der Waals surface area contributed by atoms with Crippen LogP contribution in [0.5, 0.6) is 0 Å². The van der Waals surface area contributed by atoms with Crippen LogP contribution in [0.1, 0.15) is 56.1 Å². The van der Waals surface area contributed by atoms with Crippen LogP contribution in [0.15, 0.2) is 30.7 Å². The van der Waals surface area contributed by atoms with Crippen molar-refractivity contribution in [2.45, 2.75) is 58.8 Å². The van der Waals surface area contributed by atoms with Gasteiger partial charge in [-0.3, -0.25) is 4.98 Å². The number of hydrogen-bond acceptors (Lipinski definition) is 7. The van der Waals surface area contributed by atoms with Gasteiger partial charge >= 0.3 is 0 Å². The summed E-state index contributed by atoms with van der Waals surface area (Å²) in [6, 6.07) is 5.92. The fourth-order valence-corrected chi connectivity index (χ4v) is 5.24. The van der Waals surface area contributed by atoms with Crippen molar-refractivity contribution in [3.63, 3.8) is 0 Å². The van der Waals surface area contributed by atoms with E-state index in [1.165, 1.54) is 11.1 Å². The first-order valence-corrected chi connectivity index (χ1v) is 11.1. The van der Waals surface area contributed by atoms with E-state index in [9.17, 15) is 0 Å². The van der Waals surface area contributed by atoms with Crippen LogP contribution >= 0.6 is 11.3 Å². The summed E-state index contributed by atoms with van der Waals surface area (Å²) < 4.78 is 7.19. The van der Waals surface area contributed by atoms with Gasteiger partial charge in [-0.2, -0.15) is 0 Å². The van der Waals surface area contributed by atoms with E-state index in [0.29, 0.717) is 19.1 Å². The van der Waals surface area contributed by atoms with Gasteiger partial charge in [0, 0.05) is 23.6 Å². The average Bonchev–Trinajstić information content (AvgIpc) is 3.11. The summed E-state index contributed by atoms with van der Waals surface area (Å²) in [7, 11) is 0. The number of rotatable bonds is 4. The van der Waals surface area contributed by atoms with Gasteiger partial charge in [-0.15, -0.1) is 11.3 Å². The van der Waals surface area contributed by atoms with Gasteiger partial charge in [0.25, 0.3) is 0 Å². The van der Waals surface area contributed by atoms with E-state index >= 15 is 0 Å². The molecule has 5 heterocycles. The molecule has 0 fully saturated rings. The van der Waals surface area contributed by atoms with Gasteiger partial charge in [-0.1, -0.05) is 19.9 Å². The molecular formula is C23H25N5OS. The van der Waals surface area contributed by atoms with Crippen LogP contribution in [0.4, 0.5) is 5.82 Å². The molecule has 0 spiro atoms. The Morgan fingerprint density at radius 1 is 1.17 bits per heavy atom. The SMILES string of the molecule is CC(C)c1nc2sc3c(NCc4ccccn4)ncnc3c2c2c1COC(C)(C)C2. The second-order valence-electron chi connectivity index (χ2n) is 8.69. The van der Waals surface area contributed by atoms with Crippen LogP contribution in [0, 0.1) is 0 Å². The van der Waals surface area contributed by atoms with E-state index < -0.39 is 0 Å². The zero-order valence-electron chi connectivity index (χ0n) is 17.7. The van der Waals surface area contributed by atoms with E-state index in [0.717, 1.165) is 44.1 Å². The number of fused-ring (bicyclic) bond motifs is 5. The molecule has 0 radical (unpaired) electrons. The standard InChI is InChI=1S/C23H25N5OS/c1-13(2)18-16-11-29-23(3,4)9-15(16)17-19-20(30-22(17)28-18)21(27-12-26-19)25-10-14-7-5-6-8-24-14/h5-8,12-13H,9-11H2,1-4H3,(H,25,26,27). The van der Waals surface area contributed by atoms with Gasteiger partial charge in [-0.05, 0) is 37.5 Å². The zero-order valence-corrected chi connectivity index (χ0v) is 18.5. The van der Waals surface area contributed by atoms with E-state index in [1.54, 1.807) is 23.9 Å². The molecule has 0 saturated heterocycles. The monoisotopic (exact) mass is 419 g/mol. The molecule has 0 saturated carbocycles. The Kier molecular flexibility index (Phi) is 4.67. The Labute approximate surface area is 179 Å². The minimum atomic E-state index is -0.198.